The van der Waals surface area contributed by atoms with Crippen LogP contribution in [0, 0.1) is 0 Å². The van der Waals surface area contributed by atoms with Crippen molar-refractivity contribution in [3.05, 3.63) is 47.0 Å². The van der Waals surface area contributed by atoms with Gasteiger partial charge in [-0.1, -0.05) is 24.3 Å². The van der Waals surface area contributed by atoms with Gasteiger partial charge in [0.2, 0.25) is 0 Å². The minimum absolute atomic E-state index is 0.0606. The highest BCUT2D eigenvalue weighted by Gasteiger charge is 2.27. The highest BCUT2D eigenvalue weighted by Crippen LogP contribution is 2.30. The summed E-state index contributed by atoms with van der Waals surface area (Å²) in [7, 11) is 0. The Morgan fingerprint density at radius 3 is 2.83 bits per heavy atom. The fourth-order valence-electron chi connectivity index (χ4n) is 3.42. The molecule has 0 unspecified atom stereocenters. The summed E-state index contributed by atoms with van der Waals surface area (Å²) >= 11 is 1.65. The van der Waals surface area contributed by atoms with Crippen LogP contribution in [0.5, 0.6) is 0 Å². The molecule has 1 aliphatic heterocycles. The SMILES string of the molecule is O=C(N[C@@H]1CCc2ccccc21)N1CCN(c2nccs2)CC1. The molecule has 0 radical (unpaired) electrons. The smallest absolute Gasteiger partial charge is 0.318 e. The van der Waals surface area contributed by atoms with Gasteiger partial charge in [0.25, 0.3) is 0 Å². The third-order valence-corrected chi connectivity index (χ3v) is 5.52. The van der Waals surface area contributed by atoms with Crippen molar-refractivity contribution < 1.29 is 4.79 Å². The van der Waals surface area contributed by atoms with Crippen molar-refractivity contribution in [2.75, 3.05) is 31.1 Å². The van der Waals surface area contributed by atoms with E-state index in [2.05, 4.69) is 39.5 Å². The van der Waals surface area contributed by atoms with Gasteiger partial charge >= 0.3 is 6.03 Å². The lowest BCUT2D eigenvalue weighted by Crippen LogP contribution is -2.52. The lowest BCUT2D eigenvalue weighted by atomic mass is 10.1. The number of aromatic nitrogens is 1. The van der Waals surface area contributed by atoms with Gasteiger partial charge in [-0.25, -0.2) is 9.78 Å². The van der Waals surface area contributed by atoms with Crippen LogP contribution < -0.4 is 10.2 Å². The number of anilines is 1. The third kappa shape index (κ3) is 2.91. The van der Waals surface area contributed by atoms with E-state index < -0.39 is 0 Å². The average molecular weight is 328 g/mol. The molecule has 0 spiro atoms. The number of piperazine rings is 1. The summed E-state index contributed by atoms with van der Waals surface area (Å²) in [6.07, 6.45) is 3.89. The minimum Gasteiger partial charge on any atom is -0.345 e. The molecule has 1 aromatic carbocycles. The van der Waals surface area contributed by atoms with Gasteiger partial charge in [0.05, 0.1) is 6.04 Å². The van der Waals surface area contributed by atoms with E-state index in [4.69, 9.17) is 0 Å². The Morgan fingerprint density at radius 2 is 2.04 bits per heavy atom. The largest absolute Gasteiger partial charge is 0.345 e. The Balaban J connectivity index is 1.34. The van der Waals surface area contributed by atoms with Crippen molar-refractivity contribution in [1.29, 1.82) is 0 Å². The Hall–Kier alpha value is -2.08. The van der Waals surface area contributed by atoms with Crippen molar-refractivity contribution >= 4 is 22.5 Å². The Labute approximate surface area is 139 Å². The lowest BCUT2D eigenvalue weighted by molar-refractivity contribution is 0.190. The number of nitrogens with zero attached hydrogens (tertiary/aromatic N) is 3. The van der Waals surface area contributed by atoms with Gasteiger partial charge in [-0.05, 0) is 24.0 Å². The predicted molar refractivity (Wildman–Crippen MR) is 91.9 cm³/mol. The summed E-state index contributed by atoms with van der Waals surface area (Å²) in [4.78, 5) is 21.1. The highest BCUT2D eigenvalue weighted by molar-refractivity contribution is 7.13. The number of hydrogen-bond donors (Lipinski definition) is 1. The molecule has 1 fully saturated rings. The number of amides is 2. The number of nitrogens with one attached hydrogen (secondary N) is 1. The van der Waals surface area contributed by atoms with E-state index in [1.807, 2.05) is 16.5 Å². The van der Waals surface area contributed by atoms with Gasteiger partial charge < -0.3 is 15.1 Å². The fourth-order valence-corrected chi connectivity index (χ4v) is 4.12. The first-order chi connectivity index (χ1) is 11.3. The molecule has 2 heterocycles. The summed E-state index contributed by atoms with van der Waals surface area (Å²) < 4.78 is 0. The Morgan fingerprint density at radius 1 is 1.22 bits per heavy atom. The number of carbonyl (C=O) groups is 1. The van der Waals surface area contributed by atoms with E-state index >= 15 is 0 Å². The monoisotopic (exact) mass is 328 g/mol. The number of hydrogen-bond acceptors (Lipinski definition) is 4. The second-order valence-electron chi connectivity index (χ2n) is 6.03. The fraction of sp³-hybridized carbons (Fsp3) is 0.412. The molecule has 4 rings (SSSR count). The normalized spacial score (nSPS) is 20.4. The second-order valence-corrected chi connectivity index (χ2v) is 6.90. The zero-order valence-corrected chi connectivity index (χ0v) is 13.8. The summed E-state index contributed by atoms with van der Waals surface area (Å²) in [5, 5.41) is 6.25. The van der Waals surface area contributed by atoms with Crippen molar-refractivity contribution in [2.45, 2.75) is 18.9 Å². The first kappa shape index (κ1) is 14.5. The van der Waals surface area contributed by atoms with E-state index in [1.54, 1.807) is 11.3 Å². The number of fused-ring (bicyclic) bond motifs is 1. The van der Waals surface area contributed by atoms with E-state index in [1.165, 1.54) is 11.1 Å². The van der Waals surface area contributed by atoms with Crippen molar-refractivity contribution in [2.24, 2.45) is 0 Å². The zero-order valence-electron chi connectivity index (χ0n) is 12.9. The quantitative estimate of drug-likeness (QED) is 0.922. The third-order valence-electron chi connectivity index (χ3n) is 4.69. The predicted octanol–water partition coefficient (Wildman–Crippen LogP) is 2.66. The maximum Gasteiger partial charge on any atom is 0.318 e. The van der Waals surface area contributed by atoms with Crippen LogP contribution in [-0.4, -0.2) is 42.1 Å². The van der Waals surface area contributed by atoms with Crippen LogP contribution in [0.3, 0.4) is 0 Å². The second kappa shape index (κ2) is 6.20. The number of aryl methyl sites for hydroxylation is 1. The Bertz CT molecular complexity index is 680. The summed E-state index contributed by atoms with van der Waals surface area (Å²) in [5.41, 5.74) is 2.65. The van der Waals surface area contributed by atoms with Crippen LogP contribution in [0.15, 0.2) is 35.8 Å². The molecule has 1 aromatic heterocycles. The first-order valence-corrected chi connectivity index (χ1v) is 8.97. The van der Waals surface area contributed by atoms with Crippen molar-refractivity contribution in [3.8, 4) is 0 Å². The standard InChI is InChI=1S/C17H20N4OS/c22-16(19-15-6-5-13-3-1-2-4-14(13)15)20-8-10-21(11-9-20)17-18-7-12-23-17/h1-4,7,12,15H,5-6,8-11H2,(H,19,22)/t15-/m1/s1. The van der Waals surface area contributed by atoms with Crippen LogP contribution in [-0.2, 0) is 6.42 Å². The van der Waals surface area contributed by atoms with Crippen LogP contribution in [0.25, 0.3) is 0 Å². The molecule has 1 N–H and O–H groups in total. The number of urea groups is 1. The van der Waals surface area contributed by atoms with E-state index in [9.17, 15) is 4.79 Å². The van der Waals surface area contributed by atoms with Crippen LogP contribution in [0.2, 0.25) is 0 Å². The van der Waals surface area contributed by atoms with Crippen molar-refractivity contribution in [1.82, 2.24) is 15.2 Å². The lowest BCUT2D eigenvalue weighted by Gasteiger charge is -2.35. The molecule has 1 aliphatic carbocycles. The van der Waals surface area contributed by atoms with E-state index in [0.717, 1.165) is 44.2 Å². The maximum atomic E-state index is 12.5. The first-order valence-electron chi connectivity index (χ1n) is 8.09. The van der Waals surface area contributed by atoms with Gasteiger partial charge in [0.1, 0.15) is 0 Å². The molecule has 0 bridgehead atoms. The average Bonchev–Trinajstić information content (AvgIpc) is 3.25. The number of carbonyl (C=O) groups excluding carboxylic acids is 1. The van der Waals surface area contributed by atoms with Crippen LogP contribution in [0.1, 0.15) is 23.6 Å². The number of benzene rings is 1. The van der Waals surface area contributed by atoms with Gasteiger partial charge in [0, 0.05) is 37.8 Å². The van der Waals surface area contributed by atoms with Gasteiger partial charge in [0.15, 0.2) is 5.13 Å². The summed E-state index contributed by atoms with van der Waals surface area (Å²) in [5.74, 6) is 0. The summed E-state index contributed by atoms with van der Waals surface area (Å²) in [6.45, 7) is 3.20. The molecule has 1 saturated heterocycles. The van der Waals surface area contributed by atoms with Gasteiger partial charge in [-0.15, -0.1) is 11.3 Å². The van der Waals surface area contributed by atoms with Crippen LogP contribution >= 0.6 is 11.3 Å². The highest BCUT2D eigenvalue weighted by atomic mass is 32.1. The van der Waals surface area contributed by atoms with E-state index in [-0.39, 0.29) is 12.1 Å². The van der Waals surface area contributed by atoms with Gasteiger partial charge in [-0.3, -0.25) is 0 Å². The minimum atomic E-state index is 0.0606. The van der Waals surface area contributed by atoms with Gasteiger partial charge in [-0.2, -0.15) is 0 Å². The zero-order chi connectivity index (χ0) is 15.6. The van der Waals surface area contributed by atoms with Crippen molar-refractivity contribution in [3.63, 3.8) is 0 Å². The molecular weight excluding hydrogens is 308 g/mol. The molecule has 0 saturated carbocycles. The molecular formula is C17H20N4OS. The van der Waals surface area contributed by atoms with E-state index in [0.29, 0.717) is 0 Å². The van der Waals surface area contributed by atoms with Crippen LogP contribution in [0.4, 0.5) is 9.93 Å². The topological polar surface area (TPSA) is 48.5 Å². The number of thiazole rings is 1. The molecule has 5 nitrogen and oxygen atoms in total. The molecule has 2 aliphatic rings. The maximum absolute atomic E-state index is 12.5. The molecule has 23 heavy (non-hydrogen) atoms. The Kier molecular flexibility index (Phi) is 3.91. The summed E-state index contributed by atoms with van der Waals surface area (Å²) in [6, 6.07) is 8.64. The molecule has 6 heteroatoms. The number of rotatable bonds is 2. The molecule has 120 valence electrons. The molecule has 2 aromatic rings. The molecule has 2 amide bonds. The molecule has 1 atom stereocenters.